The minimum Gasteiger partial charge on any atom is -0.330 e. The molecule has 1 aromatic heterocycles. The van der Waals surface area contributed by atoms with Crippen LogP contribution in [0.2, 0.25) is 5.02 Å². The van der Waals surface area contributed by atoms with Gasteiger partial charge >= 0.3 is 0 Å². The van der Waals surface area contributed by atoms with Gasteiger partial charge in [0.05, 0.1) is 5.02 Å². The van der Waals surface area contributed by atoms with Crippen LogP contribution in [0.1, 0.15) is 5.82 Å². The normalized spacial score (nSPS) is 10.5. The van der Waals surface area contributed by atoms with Crippen molar-refractivity contribution >= 4 is 11.6 Å². The lowest BCUT2D eigenvalue weighted by Crippen LogP contribution is -2.03. The van der Waals surface area contributed by atoms with Gasteiger partial charge < -0.3 is 5.73 Å². The third kappa shape index (κ3) is 2.16. The number of hydrogen-bond donors (Lipinski definition) is 2. The number of nitrogens with zero attached hydrogens (tertiary/aromatic N) is 2. The quantitative estimate of drug-likeness (QED) is 0.830. The van der Waals surface area contributed by atoms with Crippen molar-refractivity contribution in [1.82, 2.24) is 15.2 Å². The van der Waals surface area contributed by atoms with E-state index in [2.05, 4.69) is 15.2 Å². The molecule has 0 atom stereocenters. The fraction of sp³-hybridized carbons (Fsp3) is 0.200. The second-order valence-corrected chi connectivity index (χ2v) is 3.53. The van der Waals surface area contributed by atoms with Gasteiger partial charge in [-0.15, -0.1) is 0 Å². The number of nitrogens with two attached hydrogens (primary N) is 1. The van der Waals surface area contributed by atoms with Crippen molar-refractivity contribution in [3.05, 3.63) is 35.1 Å². The first-order chi connectivity index (χ1) is 7.31. The molecule has 3 N–H and O–H groups in total. The lowest BCUT2D eigenvalue weighted by molar-refractivity contribution is 0.874. The summed E-state index contributed by atoms with van der Waals surface area (Å²) in [6.45, 7) is 0.553. The Bertz CT molecular complexity index is 452. The molecule has 5 heteroatoms. The Balaban J connectivity index is 2.33. The molecule has 0 saturated heterocycles. The van der Waals surface area contributed by atoms with E-state index in [9.17, 15) is 0 Å². The van der Waals surface area contributed by atoms with Crippen molar-refractivity contribution in [3.63, 3.8) is 0 Å². The minimum absolute atomic E-state index is 0.553. The molecule has 78 valence electrons. The topological polar surface area (TPSA) is 67.6 Å². The Morgan fingerprint density at radius 3 is 2.87 bits per heavy atom. The number of benzene rings is 1. The van der Waals surface area contributed by atoms with Gasteiger partial charge in [-0.2, -0.15) is 5.10 Å². The zero-order valence-electron chi connectivity index (χ0n) is 8.07. The van der Waals surface area contributed by atoms with E-state index >= 15 is 0 Å². The summed E-state index contributed by atoms with van der Waals surface area (Å²) in [4.78, 5) is 4.30. The van der Waals surface area contributed by atoms with Crippen LogP contribution in [-0.2, 0) is 6.42 Å². The first-order valence-electron chi connectivity index (χ1n) is 4.67. The second-order valence-electron chi connectivity index (χ2n) is 3.12. The highest BCUT2D eigenvalue weighted by Crippen LogP contribution is 2.24. The first-order valence-corrected chi connectivity index (χ1v) is 5.05. The molecule has 0 aliphatic carbocycles. The predicted molar refractivity (Wildman–Crippen MR) is 59.6 cm³/mol. The van der Waals surface area contributed by atoms with Crippen LogP contribution in [0.5, 0.6) is 0 Å². The summed E-state index contributed by atoms with van der Waals surface area (Å²) in [6.07, 6.45) is 0.692. The zero-order chi connectivity index (χ0) is 10.7. The molecule has 15 heavy (non-hydrogen) atoms. The van der Waals surface area contributed by atoms with Gasteiger partial charge in [0.25, 0.3) is 0 Å². The zero-order valence-corrected chi connectivity index (χ0v) is 8.83. The molecule has 0 unspecified atom stereocenters. The lowest BCUT2D eigenvalue weighted by Gasteiger charge is -1.96. The number of nitrogens with one attached hydrogen (secondary N) is 1. The van der Waals surface area contributed by atoms with Gasteiger partial charge in [0, 0.05) is 12.0 Å². The fourth-order valence-corrected chi connectivity index (χ4v) is 1.53. The molecule has 4 nitrogen and oxygen atoms in total. The van der Waals surface area contributed by atoms with Crippen LogP contribution in [0.15, 0.2) is 24.3 Å². The molecule has 0 bridgehead atoms. The third-order valence-electron chi connectivity index (χ3n) is 2.03. The van der Waals surface area contributed by atoms with Crippen molar-refractivity contribution in [1.29, 1.82) is 0 Å². The Labute approximate surface area is 92.5 Å². The van der Waals surface area contributed by atoms with Gasteiger partial charge in [0.15, 0.2) is 5.82 Å². The summed E-state index contributed by atoms with van der Waals surface area (Å²) >= 11 is 6.03. The first kappa shape index (κ1) is 10.1. The SMILES string of the molecule is NCCc1nc(-c2ccccc2Cl)n[nH]1. The van der Waals surface area contributed by atoms with Gasteiger partial charge in [-0.3, -0.25) is 5.10 Å². The molecule has 0 spiro atoms. The van der Waals surface area contributed by atoms with Gasteiger partial charge in [-0.25, -0.2) is 4.98 Å². The molecule has 0 saturated carbocycles. The number of hydrogen-bond acceptors (Lipinski definition) is 3. The van der Waals surface area contributed by atoms with E-state index in [1.165, 1.54) is 0 Å². The van der Waals surface area contributed by atoms with Gasteiger partial charge in [-0.1, -0.05) is 23.7 Å². The lowest BCUT2D eigenvalue weighted by atomic mass is 10.2. The third-order valence-corrected chi connectivity index (χ3v) is 2.36. The summed E-state index contributed by atoms with van der Waals surface area (Å²) in [6, 6.07) is 7.48. The van der Waals surface area contributed by atoms with Crippen molar-refractivity contribution < 1.29 is 0 Å². The summed E-state index contributed by atoms with van der Waals surface area (Å²) in [5.74, 6) is 1.40. The Morgan fingerprint density at radius 2 is 2.13 bits per heavy atom. The Kier molecular flexibility index (Phi) is 2.99. The summed E-state index contributed by atoms with van der Waals surface area (Å²) in [5.41, 5.74) is 6.26. The monoisotopic (exact) mass is 222 g/mol. The van der Waals surface area contributed by atoms with Crippen LogP contribution < -0.4 is 5.73 Å². The van der Waals surface area contributed by atoms with Gasteiger partial charge in [0.2, 0.25) is 0 Å². The molecule has 0 amide bonds. The van der Waals surface area contributed by atoms with E-state index in [4.69, 9.17) is 17.3 Å². The minimum atomic E-state index is 0.553. The van der Waals surface area contributed by atoms with E-state index in [1.54, 1.807) is 0 Å². The number of aromatic amines is 1. The molecule has 0 radical (unpaired) electrons. The molecule has 2 rings (SSSR count). The number of H-pyrrole nitrogens is 1. The van der Waals surface area contributed by atoms with Crippen molar-refractivity contribution in [2.24, 2.45) is 5.73 Å². The maximum Gasteiger partial charge on any atom is 0.182 e. The standard InChI is InChI=1S/C10H11ClN4/c11-8-4-2-1-3-7(8)10-13-9(5-6-12)14-15-10/h1-4H,5-6,12H2,(H,13,14,15). The smallest absolute Gasteiger partial charge is 0.182 e. The number of rotatable bonds is 3. The van der Waals surface area contributed by atoms with Crippen LogP contribution in [0, 0.1) is 0 Å². The number of halogens is 1. The van der Waals surface area contributed by atoms with Gasteiger partial charge in [0.1, 0.15) is 5.82 Å². The Hall–Kier alpha value is -1.39. The molecule has 1 aromatic carbocycles. The van der Waals surface area contributed by atoms with Crippen LogP contribution in [0.3, 0.4) is 0 Å². The van der Waals surface area contributed by atoms with E-state index in [1.807, 2.05) is 24.3 Å². The van der Waals surface area contributed by atoms with Gasteiger partial charge in [-0.05, 0) is 18.7 Å². The van der Waals surface area contributed by atoms with E-state index in [-0.39, 0.29) is 0 Å². The van der Waals surface area contributed by atoms with E-state index < -0.39 is 0 Å². The van der Waals surface area contributed by atoms with Crippen LogP contribution in [0.25, 0.3) is 11.4 Å². The molecular weight excluding hydrogens is 212 g/mol. The molecule has 1 heterocycles. The van der Waals surface area contributed by atoms with E-state index in [0.29, 0.717) is 23.8 Å². The molecule has 2 aromatic rings. The fourth-order valence-electron chi connectivity index (χ4n) is 1.31. The maximum atomic E-state index is 6.03. The maximum absolute atomic E-state index is 6.03. The molecule has 0 fully saturated rings. The van der Waals surface area contributed by atoms with Crippen LogP contribution in [0.4, 0.5) is 0 Å². The highest BCUT2D eigenvalue weighted by Gasteiger charge is 2.08. The molecule has 0 aliphatic rings. The van der Waals surface area contributed by atoms with Crippen molar-refractivity contribution in [2.45, 2.75) is 6.42 Å². The molecule has 0 aliphatic heterocycles. The average molecular weight is 223 g/mol. The summed E-state index contributed by atoms with van der Waals surface area (Å²) in [7, 11) is 0. The van der Waals surface area contributed by atoms with Crippen molar-refractivity contribution in [3.8, 4) is 11.4 Å². The second kappa shape index (κ2) is 4.42. The number of aromatic nitrogens is 3. The highest BCUT2D eigenvalue weighted by molar-refractivity contribution is 6.33. The average Bonchev–Trinajstić information content (AvgIpc) is 2.68. The van der Waals surface area contributed by atoms with Crippen LogP contribution >= 0.6 is 11.6 Å². The summed E-state index contributed by atoms with van der Waals surface area (Å²) in [5, 5.41) is 7.57. The largest absolute Gasteiger partial charge is 0.330 e. The van der Waals surface area contributed by atoms with Crippen molar-refractivity contribution in [2.75, 3.05) is 6.54 Å². The molecular formula is C10H11ClN4. The predicted octanol–water partition coefficient (Wildman–Crippen LogP) is 1.63. The summed E-state index contributed by atoms with van der Waals surface area (Å²) < 4.78 is 0. The Morgan fingerprint density at radius 1 is 1.33 bits per heavy atom. The van der Waals surface area contributed by atoms with Crippen LogP contribution in [-0.4, -0.2) is 21.7 Å². The highest BCUT2D eigenvalue weighted by atomic mass is 35.5. The van der Waals surface area contributed by atoms with E-state index in [0.717, 1.165) is 11.4 Å².